The van der Waals surface area contributed by atoms with Crippen LogP contribution in [0.15, 0.2) is 0 Å². The van der Waals surface area contributed by atoms with Gasteiger partial charge in [0.25, 0.3) is 0 Å². The van der Waals surface area contributed by atoms with Crippen molar-refractivity contribution < 1.29 is 4.57 Å². The van der Waals surface area contributed by atoms with Crippen LogP contribution in [0.2, 0.25) is 0 Å². The van der Waals surface area contributed by atoms with E-state index in [-0.39, 0.29) is 0 Å². The van der Waals surface area contributed by atoms with Crippen LogP contribution in [-0.2, 0) is 4.57 Å². The molecule has 14 heavy (non-hydrogen) atoms. The monoisotopic (exact) mass is 217 g/mol. The Bertz CT molecular complexity index is 154. The molecule has 84 valence electrons. The molecule has 0 saturated heterocycles. The Morgan fingerprint density at radius 1 is 1.14 bits per heavy atom. The zero-order valence-corrected chi connectivity index (χ0v) is 11.1. The molecule has 0 bridgehead atoms. The molecule has 2 unspecified atom stereocenters. The van der Waals surface area contributed by atoms with Crippen molar-refractivity contribution >= 4 is 7.80 Å². The van der Waals surface area contributed by atoms with E-state index in [1.165, 1.54) is 25.7 Å². The van der Waals surface area contributed by atoms with E-state index in [9.17, 15) is 4.57 Å². The Labute approximate surface area is 90.5 Å². The molecule has 0 aromatic heterocycles. The maximum atomic E-state index is 11.7. The van der Waals surface area contributed by atoms with E-state index < -0.39 is 7.80 Å². The molecule has 0 spiro atoms. The topological polar surface area (TPSA) is 17.1 Å². The summed E-state index contributed by atoms with van der Waals surface area (Å²) in [4.78, 5) is 0. The summed E-state index contributed by atoms with van der Waals surface area (Å²) in [6, 6.07) is 0. The highest BCUT2D eigenvalue weighted by molar-refractivity contribution is 7.44. The van der Waals surface area contributed by atoms with Crippen LogP contribution in [0.1, 0.15) is 53.4 Å². The third-order valence-electron chi connectivity index (χ3n) is 2.57. The molecular weight excluding hydrogens is 191 g/mol. The molecule has 0 aliphatic carbocycles. The second-order valence-corrected chi connectivity index (χ2v) is 6.35. The quantitative estimate of drug-likeness (QED) is 0.539. The first-order valence-electron chi connectivity index (χ1n) is 6.02. The van der Waals surface area contributed by atoms with Gasteiger partial charge in [-0.1, -0.05) is 45.1 Å². The summed E-state index contributed by atoms with van der Waals surface area (Å²) >= 11 is 0. The lowest BCUT2D eigenvalue weighted by Crippen LogP contribution is -2.04. The van der Waals surface area contributed by atoms with Gasteiger partial charge < -0.3 is 0 Å². The van der Waals surface area contributed by atoms with E-state index in [2.05, 4.69) is 27.7 Å². The lowest BCUT2D eigenvalue weighted by Gasteiger charge is -2.08. The number of hydrogen-bond donors (Lipinski definition) is 0. The van der Waals surface area contributed by atoms with Gasteiger partial charge in [0.1, 0.15) is 12.3 Å². The van der Waals surface area contributed by atoms with Crippen LogP contribution in [0.4, 0.5) is 0 Å². The van der Waals surface area contributed by atoms with Crippen molar-refractivity contribution in [3.63, 3.8) is 0 Å². The van der Waals surface area contributed by atoms with Crippen molar-refractivity contribution in [2.45, 2.75) is 53.4 Å². The molecule has 0 aromatic carbocycles. The van der Waals surface area contributed by atoms with E-state index in [0.717, 1.165) is 12.3 Å². The number of unbranched alkanes of at least 4 members (excludes halogenated alkanes) is 1. The molecule has 0 aliphatic heterocycles. The van der Waals surface area contributed by atoms with Gasteiger partial charge in [0.15, 0.2) is 0 Å². The van der Waals surface area contributed by atoms with Gasteiger partial charge in [-0.3, -0.25) is 0 Å². The predicted molar refractivity (Wildman–Crippen MR) is 65.5 cm³/mol. The Kier molecular flexibility index (Phi) is 8.47. The zero-order valence-electron chi connectivity index (χ0n) is 10.3. The Hall–Kier alpha value is 0.100. The maximum Gasteiger partial charge on any atom is 0.339 e. The number of rotatable bonds is 8. The van der Waals surface area contributed by atoms with E-state index in [0.29, 0.717) is 11.8 Å². The van der Waals surface area contributed by atoms with Crippen LogP contribution < -0.4 is 0 Å². The highest BCUT2D eigenvalue weighted by atomic mass is 31.1. The van der Waals surface area contributed by atoms with E-state index >= 15 is 0 Å². The minimum Gasteiger partial charge on any atom is -0.0748 e. The minimum absolute atomic E-state index is 0.585. The normalized spacial score (nSPS) is 14.5. The molecule has 0 aliphatic rings. The van der Waals surface area contributed by atoms with Crippen molar-refractivity contribution in [1.82, 2.24) is 0 Å². The average Bonchev–Trinajstić information content (AvgIpc) is 2.10. The van der Waals surface area contributed by atoms with Gasteiger partial charge >= 0.3 is 7.80 Å². The van der Waals surface area contributed by atoms with Crippen molar-refractivity contribution in [3.8, 4) is 0 Å². The molecule has 0 saturated carbocycles. The van der Waals surface area contributed by atoms with Gasteiger partial charge in [-0.15, -0.1) is 0 Å². The minimum atomic E-state index is -0.932. The van der Waals surface area contributed by atoms with Crippen LogP contribution in [-0.4, -0.2) is 12.3 Å². The van der Waals surface area contributed by atoms with Gasteiger partial charge in [0.2, 0.25) is 0 Å². The zero-order chi connectivity index (χ0) is 11.0. The fraction of sp³-hybridized carbons (Fsp3) is 1.00. The molecule has 2 heteroatoms. The molecule has 0 amide bonds. The van der Waals surface area contributed by atoms with Crippen LogP contribution in [0.3, 0.4) is 0 Å². The second-order valence-electron chi connectivity index (χ2n) is 4.66. The summed E-state index contributed by atoms with van der Waals surface area (Å²) in [7, 11) is -0.932. The van der Waals surface area contributed by atoms with Gasteiger partial charge in [0.05, 0.1) is 0 Å². The van der Waals surface area contributed by atoms with E-state index in [1.54, 1.807) is 0 Å². The van der Waals surface area contributed by atoms with Gasteiger partial charge in [-0.2, -0.15) is 0 Å². The summed E-state index contributed by atoms with van der Waals surface area (Å²) < 4.78 is 11.7. The summed E-state index contributed by atoms with van der Waals surface area (Å²) in [6.45, 7) is 8.75. The average molecular weight is 217 g/mol. The molecule has 0 heterocycles. The number of hydrogen-bond acceptors (Lipinski definition) is 1. The largest absolute Gasteiger partial charge is 0.339 e. The molecular formula is C12H26OP+. The van der Waals surface area contributed by atoms with Gasteiger partial charge in [-0.25, -0.2) is 0 Å². The summed E-state index contributed by atoms with van der Waals surface area (Å²) in [5, 5.41) is 0. The van der Waals surface area contributed by atoms with Crippen molar-refractivity contribution in [1.29, 1.82) is 0 Å². The Morgan fingerprint density at radius 3 is 2.21 bits per heavy atom. The lowest BCUT2D eigenvalue weighted by atomic mass is 10.0. The summed E-state index contributed by atoms with van der Waals surface area (Å²) in [5.41, 5.74) is 0. The SMILES string of the molecule is CCCCC(CC)C[P+](=O)CC(C)C. The van der Waals surface area contributed by atoms with Crippen LogP contribution in [0, 0.1) is 11.8 Å². The summed E-state index contributed by atoms with van der Waals surface area (Å²) in [5.74, 6) is 1.29. The predicted octanol–water partition coefficient (Wildman–Crippen LogP) is 4.69. The molecule has 0 radical (unpaired) electrons. The smallest absolute Gasteiger partial charge is 0.0748 e. The molecule has 2 atom stereocenters. The Balaban J connectivity index is 3.74. The first-order chi connectivity index (χ1) is 6.60. The highest BCUT2D eigenvalue weighted by Gasteiger charge is 2.22. The van der Waals surface area contributed by atoms with Crippen molar-refractivity contribution in [3.05, 3.63) is 0 Å². The van der Waals surface area contributed by atoms with Crippen molar-refractivity contribution in [2.75, 3.05) is 12.3 Å². The molecule has 0 rings (SSSR count). The Morgan fingerprint density at radius 2 is 1.79 bits per heavy atom. The van der Waals surface area contributed by atoms with Gasteiger partial charge in [0, 0.05) is 5.92 Å². The van der Waals surface area contributed by atoms with Crippen LogP contribution in [0.5, 0.6) is 0 Å². The fourth-order valence-electron chi connectivity index (χ4n) is 1.69. The third kappa shape index (κ3) is 7.50. The fourth-order valence-corrected chi connectivity index (χ4v) is 3.67. The second kappa shape index (κ2) is 8.41. The van der Waals surface area contributed by atoms with E-state index in [1.807, 2.05) is 0 Å². The maximum absolute atomic E-state index is 11.7. The van der Waals surface area contributed by atoms with Crippen molar-refractivity contribution in [2.24, 2.45) is 11.8 Å². The van der Waals surface area contributed by atoms with Crippen LogP contribution >= 0.6 is 7.80 Å². The van der Waals surface area contributed by atoms with Gasteiger partial charge in [-0.05, 0) is 18.8 Å². The summed E-state index contributed by atoms with van der Waals surface area (Å²) in [6.07, 6.45) is 6.90. The molecule has 0 N–H and O–H groups in total. The first kappa shape index (κ1) is 14.1. The van der Waals surface area contributed by atoms with E-state index in [4.69, 9.17) is 0 Å². The molecule has 0 fully saturated rings. The highest BCUT2D eigenvalue weighted by Crippen LogP contribution is 2.30. The molecule has 1 nitrogen and oxygen atoms in total. The van der Waals surface area contributed by atoms with Crippen LogP contribution in [0.25, 0.3) is 0 Å². The third-order valence-corrected chi connectivity index (χ3v) is 4.64. The molecule has 0 aromatic rings. The first-order valence-corrected chi connectivity index (χ1v) is 7.65. The lowest BCUT2D eigenvalue weighted by molar-refractivity contribution is 0.486. The standard InChI is InChI=1S/C12H26OP/c1-5-7-8-12(6-2)10-14(13)9-11(3)4/h11-12H,5-10H2,1-4H3/q+1.